The number of methoxy groups -OCH3 is 1. The topological polar surface area (TPSA) is 64.4 Å². The summed E-state index contributed by atoms with van der Waals surface area (Å²) in [4.78, 5) is 12.9. The molecule has 0 atom stereocenters. The van der Waals surface area contributed by atoms with Crippen LogP contribution in [0.4, 0.5) is 4.39 Å². The van der Waals surface area contributed by atoms with Crippen molar-refractivity contribution in [3.63, 3.8) is 0 Å². The molecule has 0 aliphatic rings. The Labute approximate surface area is 167 Å². The van der Waals surface area contributed by atoms with Gasteiger partial charge in [0.1, 0.15) is 22.8 Å². The van der Waals surface area contributed by atoms with Crippen LogP contribution in [0.2, 0.25) is 5.02 Å². The average Bonchev–Trinajstić information content (AvgIpc) is 3.13. The van der Waals surface area contributed by atoms with Gasteiger partial charge in [-0.2, -0.15) is 0 Å². The Morgan fingerprint density at radius 2 is 2.00 bits per heavy atom. The number of carbonyl (C=O) groups excluding carboxylic acids is 1. The fraction of sp³-hybridized carbons (Fsp3) is 0.238. The number of benzene rings is 2. The van der Waals surface area contributed by atoms with Gasteiger partial charge in [-0.05, 0) is 48.9 Å². The van der Waals surface area contributed by atoms with Gasteiger partial charge in [0.25, 0.3) is 5.91 Å². The van der Waals surface area contributed by atoms with E-state index in [1.54, 1.807) is 31.4 Å². The van der Waals surface area contributed by atoms with Crippen LogP contribution in [-0.4, -0.2) is 24.7 Å². The minimum Gasteiger partial charge on any atom is -0.497 e. The lowest BCUT2D eigenvalue weighted by Crippen LogP contribution is -2.25. The minimum atomic E-state index is -0.590. The molecule has 5 nitrogen and oxygen atoms in total. The smallest absolute Gasteiger partial charge is 0.257 e. The molecule has 0 aliphatic carbocycles. The van der Waals surface area contributed by atoms with Gasteiger partial charge in [0.2, 0.25) is 0 Å². The third-order valence-electron chi connectivity index (χ3n) is 4.27. The lowest BCUT2D eigenvalue weighted by atomic mass is 10.0. The second-order valence-corrected chi connectivity index (χ2v) is 6.63. The monoisotopic (exact) mass is 402 g/mol. The van der Waals surface area contributed by atoms with Gasteiger partial charge in [-0.25, -0.2) is 4.39 Å². The Balaban J connectivity index is 2.09. The maximum Gasteiger partial charge on any atom is 0.257 e. The molecule has 146 valence electrons. The number of nitrogens with zero attached hydrogens (tertiary/aromatic N) is 1. The summed E-state index contributed by atoms with van der Waals surface area (Å²) in [7, 11) is 1.57. The van der Waals surface area contributed by atoms with Crippen LogP contribution in [0.3, 0.4) is 0 Å². The van der Waals surface area contributed by atoms with Crippen molar-refractivity contribution >= 4 is 17.5 Å². The third kappa shape index (κ3) is 4.17. The predicted octanol–water partition coefficient (Wildman–Crippen LogP) is 5.34. The van der Waals surface area contributed by atoms with Crippen LogP contribution >= 0.6 is 11.6 Å². The molecule has 0 aliphatic heterocycles. The predicted molar refractivity (Wildman–Crippen MR) is 106 cm³/mol. The molecule has 1 amide bonds. The number of halogens is 2. The number of aromatic nitrogens is 1. The van der Waals surface area contributed by atoms with Crippen molar-refractivity contribution in [2.45, 2.75) is 19.8 Å². The molecular formula is C21H20ClFN2O3. The normalized spacial score (nSPS) is 10.7. The van der Waals surface area contributed by atoms with Crippen molar-refractivity contribution in [3.8, 4) is 28.3 Å². The fourth-order valence-electron chi connectivity index (χ4n) is 2.77. The Kier molecular flexibility index (Phi) is 6.31. The number of amides is 1. The average molecular weight is 403 g/mol. The lowest BCUT2D eigenvalue weighted by Gasteiger charge is -2.07. The molecular weight excluding hydrogens is 383 g/mol. The zero-order valence-corrected chi connectivity index (χ0v) is 16.3. The van der Waals surface area contributed by atoms with Gasteiger partial charge in [0, 0.05) is 17.1 Å². The summed E-state index contributed by atoms with van der Waals surface area (Å²) in [5.74, 6) is -0.225. The zero-order chi connectivity index (χ0) is 20.1. The first kappa shape index (κ1) is 19.9. The molecule has 0 saturated carbocycles. The first-order chi connectivity index (χ1) is 13.5. The van der Waals surface area contributed by atoms with Crippen LogP contribution in [0.15, 0.2) is 47.0 Å². The molecule has 0 saturated heterocycles. The van der Waals surface area contributed by atoms with E-state index in [0.717, 1.165) is 12.8 Å². The number of hydrogen-bond donors (Lipinski definition) is 1. The van der Waals surface area contributed by atoms with E-state index in [-0.39, 0.29) is 27.8 Å². The molecule has 7 heteroatoms. The molecule has 1 heterocycles. The first-order valence-corrected chi connectivity index (χ1v) is 9.30. The SMILES string of the molecule is CCCCNC(=O)c1c(-c2ccc(OC)cc2)noc1-c1ccc(Cl)cc1F. The van der Waals surface area contributed by atoms with Crippen molar-refractivity contribution in [1.82, 2.24) is 10.5 Å². The Morgan fingerprint density at radius 3 is 2.64 bits per heavy atom. The van der Waals surface area contributed by atoms with Crippen LogP contribution in [0.5, 0.6) is 5.75 Å². The van der Waals surface area contributed by atoms with Crippen molar-refractivity contribution in [2.75, 3.05) is 13.7 Å². The van der Waals surface area contributed by atoms with Gasteiger partial charge in [0.15, 0.2) is 5.76 Å². The first-order valence-electron chi connectivity index (χ1n) is 8.92. The lowest BCUT2D eigenvalue weighted by molar-refractivity contribution is 0.0954. The molecule has 28 heavy (non-hydrogen) atoms. The standard InChI is InChI=1S/C21H20ClFN2O3/c1-3-4-11-24-21(26)18-19(13-5-8-15(27-2)9-6-13)25-28-20(18)16-10-7-14(22)12-17(16)23/h5-10,12H,3-4,11H2,1-2H3,(H,24,26). The summed E-state index contributed by atoms with van der Waals surface area (Å²) < 4.78 is 25.1. The molecule has 0 radical (unpaired) electrons. The van der Waals surface area contributed by atoms with Crippen molar-refractivity contribution in [1.29, 1.82) is 0 Å². The number of nitrogens with one attached hydrogen (secondary N) is 1. The van der Waals surface area contributed by atoms with Crippen molar-refractivity contribution in [2.24, 2.45) is 0 Å². The van der Waals surface area contributed by atoms with E-state index in [2.05, 4.69) is 10.5 Å². The highest BCUT2D eigenvalue weighted by molar-refractivity contribution is 6.30. The van der Waals surface area contributed by atoms with E-state index in [1.165, 1.54) is 18.2 Å². The summed E-state index contributed by atoms with van der Waals surface area (Å²) in [6.07, 6.45) is 1.77. The van der Waals surface area contributed by atoms with E-state index in [9.17, 15) is 9.18 Å². The maximum atomic E-state index is 14.5. The van der Waals surface area contributed by atoms with E-state index >= 15 is 0 Å². The third-order valence-corrected chi connectivity index (χ3v) is 4.51. The molecule has 1 aromatic heterocycles. The quantitative estimate of drug-likeness (QED) is 0.542. The van der Waals surface area contributed by atoms with Crippen LogP contribution < -0.4 is 10.1 Å². The maximum absolute atomic E-state index is 14.5. The van der Waals surface area contributed by atoms with Crippen LogP contribution in [0.25, 0.3) is 22.6 Å². The van der Waals surface area contributed by atoms with Gasteiger partial charge < -0.3 is 14.6 Å². The molecule has 0 unspecified atom stereocenters. The second-order valence-electron chi connectivity index (χ2n) is 6.20. The van der Waals surface area contributed by atoms with Crippen LogP contribution in [-0.2, 0) is 0 Å². The molecule has 3 rings (SSSR count). The summed E-state index contributed by atoms with van der Waals surface area (Å²) in [6.45, 7) is 2.54. The van der Waals surface area contributed by atoms with Gasteiger partial charge in [-0.1, -0.05) is 30.1 Å². The second kappa shape index (κ2) is 8.89. The Morgan fingerprint density at radius 1 is 1.25 bits per heavy atom. The highest BCUT2D eigenvalue weighted by Crippen LogP contribution is 2.35. The Bertz CT molecular complexity index is 970. The summed E-state index contributed by atoms with van der Waals surface area (Å²) in [6, 6.07) is 11.2. The van der Waals surface area contributed by atoms with Gasteiger partial charge in [-0.3, -0.25) is 4.79 Å². The summed E-state index contributed by atoms with van der Waals surface area (Å²) >= 11 is 5.84. The number of unbranched alkanes of at least 4 members (excludes halogenated alkanes) is 1. The number of hydrogen-bond acceptors (Lipinski definition) is 4. The number of ether oxygens (including phenoxy) is 1. The largest absolute Gasteiger partial charge is 0.497 e. The van der Waals surface area contributed by atoms with Gasteiger partial charge in [-0.15, -0.1) is 0 Å². The fourth-order valence-corrected chi connectivity index (χ4v) is 2.93. The van der Waals surface area contributed by atoms with E-state index in [1.807, 2.05) is 6.92 Å². The van der Waals surface area contributed by atoms with Crippen molar-refractivity contribution < 1.29 is 18.4 Å². The molecule has 0 spiro atoms. The van der Waals surface area contributed by atoms with E-state index < -0.39 is 5.82 Å². The van der Waals surface area contributed by atoms with Crippen LogP contribution in [0.1, 0.15) is 30.1 Å². The molecule has 0 bridgehead atoms. The molecule has 0 fully saturated rings. The van der Waals surface area contributed by atoms with Crippen molar-refractivity contribution in [3.05, 3.63) is 58.9 Å². The van der Waals surface area contributed by atoms with Gasteiger partial charge >= 0.3 is 0 Å². The van der Waals surface area contributed by atoms with E-state index in [4.69, 9.17) is 20.9 Å². The Hall–Kier alpha value is -2.86. The molecule has 2 aromatic carbocycles. The number of rotatable bonds is 7. The zero-order valence-electron chi connectivity index (χ0n) is 15.6. The van der Waals surface area contributed by atoms with Gasteiger partial charge in [0.05, 0.1) is 12.7 Å². The molecule has 3 aromatic rings. The summed E-state index contributed by atoms with van der Waals surface area (Å²) in [5, 5.41) is 7.16. The molecule has 1 N–H and O–H groups in total. The highest BCUT2D eigenvalue weighted by atomic mass is 35.5. The number of carbonyl (C=O) groups is 1. The minimum absolute atomic E-state index is 0.0639. The van der Waals surface area contributed by atoms with E-state index in [0.29, 0.717) is 23.6 Å². The highest BCUT2D eigenvalue weighted by Gasteiger charge is 2.26. The van der Waals surface area contributed by atoms with Crippen LogP contribution in [0, 0.1) is 5.82 Å². The summed E-state index contributed by atoms with van der Waals surface area (Å²) in [5.41, 5.74) is 1.30.